The minimum Gasteiger partial charge on any atom is -0.468 e. The lowest BCUT2D eigenvalue weighted by Crippen LogP contribution is -2.47. The number of hydrogen-bond donors (Lipinski definition) is 1. The number of rotatable bonds is 6. The van der Waals surface area contributed by atoms with E-state index in [1.54, 1.807) is 0 Å². The molecule has 0 aromatic rings. The number of fused-ring (bicyclic) bond motifs is 2. The first-order valence-electron chi connectivity index (χ1n) is 6.74. The van der Waals surface area contributed by atoms with Gasteiger partial charge < -0.3 is 9.47 Å². The molecule has 0 aromatic heterocycles. The molecule has 0 spiro atoms. The highest BCUT2D eigenvalue weighted by molar-refractivity contribution is 5.75. The number of carbonyl (C=O) groups is 1. The van der Waals surface area contributed by atoms with Crippen LogP contribution in [0, 0.1) is 0 Å². The second kappa shape index (κ2) is 5.83. The molecule has 0 radical (unpaired) electrons. The first kappa shape index (κ1) is 12.8. The molecule has 2 fully saturated rings. The van der Waals surface area contributed by atoms with Crippen molar-refractivity contribution < 1.29 is 14.3 Å². The molecule has 2 heterocycles. The van der Waals surface area contributed by atoms with E-state index in [1.165, 1.54) is 13.5 Å². The molecule has 4 heteroatoms. The van der Waals surface area contributed by atoms with Crippen LogP contribution in [0.1, 0.15) is 45.4 Å². The van der Waals surface area contributed by atoms with Gasteiger partial charge in [-0.05, 0) is 25.7 Å². The first-order valence-corrected chi connectivity index (χ1v) is 6.74. The lowest BCUT2D eigenvalue weighted by Gasteiger charge is -2.25. The summed E-state index contributed by atoms with van der Waals surface area (Å²) >= 11 is 0. The van der Waals surface area contributed by atoms with E-state index in [0.29, 0.717) is 18.2 Å². The summed E-state index contributed by atoms with van der Waals surface area (Å²) in [7, 11) is 1.46. The highest BCUT2D eigenvalue weighted by Gasteiger charge is 2.42. The van der Waals surface area contributed by atoms with Crippen LogP contribution in [0.25, 0.3) is 0 Å². The summed E-state index contributed by atoms with van der Waals surface area (Å²) < 4.78 is 10.6. The van der Waals surface area contributed by atoms with E-state index in [4.69, 9.17) is 9.47 Å². The van der Waals surface area contributed by atoms with Gasteiger partial charge in [-0.25, -0.2) is 0 Å². The topological polar surface area (TPSA) is 47.6 Å². The van der Waals surface area contributed by atoms with Crippen molar-refractivity contribution in [1.29, 1.82) is 0 Å². The summed E-state index contributed by atoms with van der Waals surface area (Å²) in [5.41, 5.74) is 0. The molecule has 2 aliphatic rings. The molecule has 2 rings (SSSR count). The van der Waals surface area contributed by atoms with E-state index < -0.39 is 0 Å². The van der Waals surface area contributed by atoms with E-state index in [2.05, 4.69) is 12.2 Å². The second-order valence-electron chi connectivity index (χ2n) is 5.10. The van der Waals surface area contributed by atoms with Gasteiger partial charge in [0.2, 0.25) is 0 Å². The third-order valence-electron chi connectivity index (χ3n) is 3.85. The molecule has 0 saturated carbocycles. The minimum absolute atomic E-state index is 0.138. The smallest absolute Gasteiger partial charge is 0.322 e. The minimum atomic E-state index is -0.159. The number of unbranched alkanes of at least 4 members (excludes halogenated alkanes) is 1. The Bertz CT molecular complexity index is 269. The monoisotopic (exact) mass is 241 g/mol. The summed E-state index contributed by atoms with van der Waals surface area (Å²) in [6.07, 6.45) is 7.10. The van der Waals surface area contributed by atoms with Crippen molar-refractivity contribution in [1.82, 2.24) is 5.32 Å². The van der Waals surface area contributed by atoms with E-state index in [1.807, 2.05) is 0 Å². The lowest BCUT2D eigenvalue weighted by molar-refractivity contribution is -0.143. The number of esters is 1. The predicted molar refractivity (Wildman–Crippen MR) is 64.8 cm³/mol. The maximum atomic E-state index is 11.7. The van der Waals surface area contributed by atoms with E-state index in [0.717, 1.165) is 32.1 Å². The van der Waals surface area contributed by atoms with Crippen LogP contribution in [0.5, 0.6) is 0 Å². The number of ether oxygens (including phenoxy) is 2. The third-order valence-corrected chi connectivity index (χ3v) is 3.85. The van der Waals surface area contributed by atoms with Crippen molar-refractivity contribution >= 4 is 5.97 Å². The molecule has 4 atom stereocenters. The number of hydrogen-bond acceptors (Lipinski definition) is 4. The highest BCUT2D eigenvalue weighted by Crippen LogP contribution is 2.34. The summed E-state index contributed by atoms with van der Waals surface area (Å²) in [6, 6.07) is 0.183. The largest absolute Gasteiger partial charge is 0.468 e. The molecule has 0 amide bonds. The molecule has 2 aliphatic heterocycles. The fraction of sp³-hybridized carbons (Fsp3) is 0.923. The van der Waals surface area contributed by atoms with Crippen LogP contribution in [0.2, 0.25) is 0 Å². The average molecular weight is 241 g/mol. The number of carbonyl (C=O) groups excluding carboxylic acids is 1. The van der Waals surface area contributed by atoms with Gasteiger partial charge in [0.25, 0.3) is 0 Å². The number of nitrogens with one attached hydrogen (secondary N) is 1. The highest BCUT2D eigenvalue weighted by atomic mass is 16.5. The van der Waals surface area contributed by atoms with Crippen molar-refractivity contribution in [2.45, 2.75) is 69.7 Å². The van der Waals surface area contributed by atoms with Crippen LogP contribution < -0.4 is 5.32 Å². The third kappa shape index (κ3) is 2.99. The van der Waals surface area contributed by atoms with Crippen molar-refractivity contribution in [3.8, 4) is 0 Å². The zero-order valence-electron chi connectivity index (χ0n) is 10.8. The van der Waals surface area contributed by atoms with Gasteiger partial charge in [-0.3, -0.25) is 10.1 Å². The van der Waals surface area contributed by atoms with Gasteiger partial charge in [-0.1, -0.05) is 19.8 Å². The average Bonchev–Trinajstić information content (AvgIpc) is 2.95. The summed E-state index contributed by atoms with van der Waals surface area (Å²) in [5.74, 6) is -0.138. The first-order chi connectivity index (χ1) is 8.24. The van der Waals surface area contributed by atoms with Crippen LogP contribution in [-0.2, 0) is 14.3 Å². The molecule has 4 nitrogen and oxygen atoms in total. The predicted octanol–water partition coefficient (Wildman–Crippen LogP) is 1.63. The van der Waals surface area contributed by atoms with Crippen molar-refractivity contribution in [3.05, 3.63) is 0 Å². The Hall–Kier alpha value is -0.610. The van der Waals surface area contributed by atoms with Gasteiger partial charge in [0.05, 0.1) is 19.3 Å². The van der Waals surface area contributed by atoms with Crippen LogP contribution in [-0.4, -0.2) is 37.4 Å². The summed E-state index contributed by atoms with van der Waals surface area (Å²) in [4.78, 5) is 11.7. The molecule has 2 bridgehead atoms. The molecule has 4 unspecified atom stereocenters. The molecule has 0 aromatic carbocycles. The van der Waals surface area contributed by atoms with E-state index in [-0.39, 0.29) is 12.0 Å². The SMILES string of the molecule is CCCCC(NC1CC2CCC1O2)C(=O)OC. The van der Waals surface area contributed by atoms with Crippen LogP contribution >= 0.6 is 0 Å². The normalized spacial score (nSPS) is 32.7. The Morgan fingerprint density at radius 2 is 2.35 bits per heavy atom. The Morgan fingerprint density at radius 1 is 1.53 bits per heavy atom. The maximum absolute atomic E-state index is 11.7. The van der Waals surface area contributed by atoms with E-state index >= 15 is 0 Å². The molecule has 98 valence electrons. The maximum Gasteiger partial charge on any atom is 0.322 e. The zero-order chi connectivity index (χ0) is 12.3. The van der Waals surface area contributed by atoms with Gasteiger partial charge in [-0.15, -0.1) is 0 Å². The Balaban J connectivity index is 1.86. The standard InChI is InChI=1S/C13H23NO3/c1-3-4-5-10(13(15)16-2)14-11-8-9-6-7-12(11)17-9/h9-12,14H,3-8H2,1-2H3. The van der Waals surface area contributed by atoms with Gasteiger partial charge >= 0.3 is 5.97 Å². The van der Waals surface area contributed by atoms with Gasteiger partial charge in [0.1, 0.15) is 6.04 Å². The van der Waals surface area contributed by atoms with Gasteiger partial charge in [0.15, 0.2) is 0 Å². The van der Waals surface area contributed by atoms with Gasteiger partial charge in [-0.2, -0.15) is 0 Å². The van der Waals surface area contributed by atoms with Crippen molar-refractivity contribution in [2.75, 3.05) is 7.11 Å². The van der Waals surface area contributed by atoms with Crippen LogP contribution in [0.3, 0.4) is 0 Å². The van der Waals surface area contributed by atoms with Gasteiger partial charge in [0, 0.05) is 6.04 Å². The van der Waals surface area contributed by atoms with Crippen LogP contribution in [0.4, 0.5) is 0 Å². The lowest BCUT2D eigenvalue weighted by atomic mass is 9.94. The zero-order valence-corrected chi connectivity index (χ0v) is 10.8. The fourth-order valence-electron chi connectivity index (χ4n) is 2.89. The Labute approximate surface area is 103 Å². The molecular weight excluding hydrogens is 218 g/mol. The molecule has 1 N–H and O–H groups in total. The molecule has 17 heavy (non-hydrogen) atoms. The molecule has 0 aliphatic carbocycles. The number of methoxy groups -OCH3 is 1. The van der Waals surface area contributed by atoms with Crippen molar-refractivity contribution in [2.24, 2.45) is 0 Å². The second-order valence-corrected chi connectivity index (χ2v) is 5.10. The van der Waals surface area contributed by atoms with Crippen LogP contribution in [0.15, 0.2) is 0 Å². The molecule has 2 saturated heterocycles. The fourth-order valence-corrected chi connectivity index (χ4v) is 2.89. The quantitative estimate of drug-likeness (QED) is 0.718. The molecular formula is C13H23NO3. The van der Waals surface area contributed by atoms with E-state index in [9.17, 15) is 4.79 Å². The van der Waals surface area contributed by atoms with Crippen molar-refractivity contribution in [3.63, 3.8) is 0 Å². The summed E-state index contributed by atoms with van der Waals surface area (Å²) in [6.45, 7) is 2.13. The Morgan fingerprint density at radius 3 is 2.88 bits per heavy atom. The Kier molecular flexibility index (Phi) is 4.40. The summed E-state index contributed by atoms with van der Waals surface area (Å²) in [5, 5.41) is 3.43.